The molecule has 0 atom stereocenters. The first kappa shape index (κ1) is 12.3. The fourth-order valence-corrected chi connectivity index (χ4v) is 1.73. The molecule has 0 spiro atoms. The molecule has 0 radical (unpaired) electrons. The molecule has 0 aliphatic carbocycles. The van der Waals surface area contributed by atoms with E-state index in [2.05, 4.69) is 11.1 Å². The molecule has 92 valence electrons. The zero-order chi connectivity index (χ0) is 13.0. The van der Waals surface area contributed by atoms with E-state index in [1.54, 1.807) is 19.1 Å². The second-order valence-electron chi connectivity index (χ2n) is 4.05. The number of carbonyl (C=O) groups excluding carboxylic acids is 1. The van der Waals surface area contributed by atoms with Crippen molar-refractivity contribution in [2.45, 2.75) is 13.8 Å². The van der Waals surface area contributed by atoms with Crippen LogP contribution < -0.4 is 0 Å². The second kappa shape index (κ2) is 5.45. The Morgan fingerprint density at radius 3 is 2.50 bits per heavy atom. The number of aromatic nitrogens is 1. The lowest BCUT2D eigenvalue weighted by atomic mass is 10.0. The normalized spacial score (nSPS) is 10.1. The van der Waals surface area contributed by atoms with Crippen molar-refractivity contribution in [1.82, 2.24) is 4.98 Å². The van der Waals surface area contributed by atoms with Crippen molar-refractivity contribution in [2.75, 3.05) is 6.61 Å². The molecule has 1 aromatic carbocycles. The monoisotopic (exact) mass is 241 g/mol. The van der Waals surface area contributed by atoms with E-state index in [1.807, 2.05) is 31.5 Å². The maximum atomic E-state index is 11.5. The molecule has 1 heterocycles. The molecule has 0 N–H and O–H groups in total. The van der Waals surface area contributed by atoms with E-state index >= 15 is 0 Å². The topological polar surface area (TPSA) is 39.2 Å². The molecule has 0 aliphatic rings. The fourth-order valence-electron chi connectivity index (χ4n) is 1.73. The van der Waals surface area contributed by atoms with Crippen molar-refractivity contribution in [2.24, 2.45) is 0 Å². The number of hydrogen-bond acceptors (Lipinski definition) is 3. The lowest BCUT2D eigenvalue weighted by Gasteiger charge is -2.04. The van der Waals surface area contributed by atoms with Crippen LogP contribution in [0.15, 0.2) is 42.7 Å². The molecule has 0 saturated carbocycles. The molecular weight excluding hydrogens is 226 g/mol. The minimum absolute atomic E-state index is 0.286. The van der Waals surface area contributed by atoms with Crippen LogP contribution in [0.5, 0.6) is 0 Å². The van der Waals surface area contributed by atoms with Gasteiger partial charge in [-0.05, 0) is 43.2 Å². The van der Waals surface area contributed by atoms with E-state index in [-0.39, 0.29) is 5.97 Å². The van der Waals surface area contributed by atoms with Crippen LogP contribution in [0, 0.1) is 6.92 Å². The van der Waals surface area contributed by atoms with Crippen LogP contribution in [0.3, 0.4) is 0 Å². The molecule has 0 unspecified atom stereocenters. The third kappa shape index (κ3) is 2.74. The molecule has 1 aromatic heterocycles. The molecule has 0 fully saturated rings. The standard InChI is InChI=1S/C15H15NO2/c1-3-18-15(17)13-6-4-12(5-7-13)14-8-11(2)9-16-10-14/h4-10H,3H2,1-2H3. The van der Waals surface area contributed by atoms with Crippen molar-refractivity contribution in [3.63, 3.8) is 0 Å². The first-order valence-electron chi connectivity index (χ1n) is 5.90. The van der Waals surface area contributed by atoms with Crippen molar-refractivity contribution < 1.29 is 9.53 Å². The van der Waals surface area contributed by atoms with Gasteiger partial charge in [0.15, 0.2) is 0 Å². The minimum atomic E-state index is -0.286. The number of ether oxygens (including phenoxy) is 1. The number of esters is 1. The zero-order valence-corrected chi connectivity index (χ0v) is 10.5. The Morgan fingerprint density at radius 2 is 1.89 bits per heavy atom. The van der Waals surface area contributed by atoms with Gasteiger partial charge in [0, 0.05) is 18.0 Å². The average molecular weight is 241 g/mol. The number of carbonyl (C=O) groups is 1. The Hall–Kier alpha value is -2.16. The largest absolute Gasteiger partial charge is 0.462 e. The van der Waals surface area contributed by atoms with Gasteiger partial charge in [-0.2, -0.15) is 0 Å². The van der Waals surface area contributed by atoms with Gasteiger partial charge in [0.1, 0.15) is 0 Å². The van der Waals surface area contributed by atoms with Gasteiger partial charge in [-0.15, -0.1) is 0 Å². The van der Waals surface area contributed by atoms with Gasteiger partial charge < -0.3 is 4.74 Å². The Balaban J connectivity index is 2.25. The highest BCUT2D eigenvalue weighted by atomic mass is 16.5. The highest BCUT2D eigenvalue weighted by Gasteiger charge is 2.06. The van der Waals surface area contributed by atoms with Crippen molar-refractivity contribution in [3.8, 4) is 11.1 Å². The number of nitrogens with zero attached hydrogens (tertiary/aromatic N) is 1. The summed E-state index contributed by atoms with van der Waals surface area (Å²) >= 11 is 0. The van der Waals surface area contributed by atoms with E-state index in [9.17, 15) is 4.79 Å². The number of rotatable bonds is 3. The lowest BCUT2D eigenvalue weighted by Crippen LogP contribution is -2.03. The third-order valence-corrected chi connectivity index (χ3v) is 2.60. The van der Waals surface area contributed by atoms with E-state index in [0.29, 0.717) is 12.2 Å². The predicted molar refractivity (Wildman–Crippen MR) is 70.4 cm³/mol. The van der Waals surface area contributed by atoms with E-state index in [4.69, 9.17) is 4.74 Å². The Morgan fingerprint density at radius 1 is 1.17 bits per heavy atom. The van der Waals surface area contributed by atoms with Gasteiger partial charge in [-0.25, -0.2) is 4.79 Å². The summed E-state index contributed by atoms with van der Waals surface area (Å²) in [5.74, 6) is -0.286. The van der Waals surface area contributed by atoms with Gasteiger partial charge in [0.05, 0.1) is 12.2 Å². The Kier molecular flexibility index (Phi) is 3.72. The number of benzene rings is 1. The summed E-state index contributed by atoms with van der Waals surface area (Å²) in [5.41, 5.74) is 3.77. The maximum absolute atomic E-state index is 11.5. The summed E-state index contributed by atoms with van der Waals surface area (Å²) in [6.45, 7) is 4.19. The zero-order valence-electron chi connectivity index (χ0n) is 10.5. The summed E-state index contributed by atoms with van der Waals surface area (Å²) in [7, 11) is 0. The Labute approximate surface area is 106 Å². The summed E-state index contributed by atoms with van der Waals surface area (Å²) in [5, 5.41) is 0. The molecule has 0 amide bonds. The van der Waals surface area contributed by atoms with Crippen LogP contribution in [0.2, 0.25) is 0 Å². The molecule has 0 bridgehead atoms. The Bertz CT molecular complexity index is 547. The first-order chi connectivity index (χ1) is 8.70. The third-order valence-electron chi connectivity index (χ3n) is 2.60. The molecule has 18 heavy (non-hydrogen) atoms. The van der Waals surface area contributed by atoms with Crippen molar-refractivity contribution in [1.29, 1.82) is 0 Å². The van der Waals surface area contributed by atoms with Crippen LogP contribution in [-0.4, -0.2) is 17.6 Å². The van der Waals surface area contributed by atoms with Crippen LogP contribution >= 0.6 is 0 Å². The van der Waals surface area contributed by atoms with E-state index < -0.39 is 0 Å². The summed E-state index contributed by atoms with van der Waals surface area (Å²) in [6.07, 6.45) is 3.63. The maximum Gasteiger partial charge on any atom is 0.338 e. The van der Waals surface area contributed by atoms with Crippen LogP contribution in [-0.2, 0) is 4.74 Å². The van der Waals surface area contributed by atoms with Gasteiger partial charge in [0.25, 0.3) is 0 Å². The molecule has 3 heteroatoms. The summed E-state index contributed by atoms with van der Waals surface area (Å²) < 4.78 is 4.94. The van der Waals surface area contributed by atoms with Gasteiger partial charge in [-0.1, -0.05) is 12.1 Å². The predicted octanol–water partition coefficient (Wildman–Crippen LogP) is 3.23. The average Bonchev–Trinajstić information content (AvgIpc) is 2.39. The van der Waals surface area contributed by atoms with Crippen LogP contribution in [0.1, 0.15) is 22.8 Å². The van der Waals surface area contributed by atoms with Crippen LogP contribution in [0.4, 0.5) is 0 Å². The van der Waals surface area contributed by atoms with Gasteiger partial charge in [0.2, 0.25) is 0 Å². The van der Waals surface area contributed by atoms with E-state index in [1.165, 1.54) is 0 Å². The van der Waals surface area contributed by atoms with Crippen LogP contribution in [0.25, 0.3) is 11.1 Å². The minimum Gasteiger partial charge on any atom is -0.462 e. The summed E-state index contributed by atoms with van der Waals surface area (Å²) in [6, 6.07) is 9.42. The first-order valence-corrected chi connectivity index (χ1v) is 5.90. The highest BCUT2D eigenvalue weighted by molar-refractivity contribution is 5.90. The van der Waals surface area contributed by atoms with Gasteiger partial charge in [-0.3, -0.25) is 4.98 Å². The smallest absolute Gasteiger partial charge is 0.338 e. The van der Waals surface area contributed by atoms with Gasteiger partial charge >= 0.3 is 5.97 Å². The van der Waals surface area contributed by atoms with Crippen molar-refractivity contribution >= 4 is 5.97 Å². The molecular formula is C15H15NO2. The highest BCUT2D eigenvalue weighted by Crippen LogP contribution is 2.20. The second-order valence-corrected chi connectivity index (χ2v) is 4.05. The van der Waals surface area contributed by atoms with E-state index in [0.717, 1.165) is 16.7 Å². The van der Waals surface area contributed by atoms with Crippen molar-refractivity contribution in [3.05, 3.63) is 53.9 Å². The molecule has 3 nitrogen and oxygen atoms in total. The SMILES string of the molecule is CCOC(=O)c1ccc(-c2cncc(C)c2)cc1. The molecule has 0 saturated heterocycles. The number of pyridine rings is 1. The molecule has 2 aromatic rings. The number of hydrogen-bond donors (Lipinski definition) is 0. The lowest BCUT2D eigenvalue weighted by molar-refractivity contribution is 0.0526. The molecule has 2 rings (SSSR count). The number of aryl methyl sites for hydroxylation is 1. The quantitative estimate of drug-likeness (QED) is 0.774. The fraction of sp³-hybridized carbons (Fsp3) is 0.200. The molecule has 0 aliphatic heterocycles. The summed E-state index contributed by atoms with van der Waals surface area (Å²) in [4.78, 5) is 15.7.